The van der Waals surface area contributed by atoms with E-state index in [9.17, 15) is 23.1 Å². The Morgan fingerprint density at radius 1 is 1.07 bits per heavy atom. The van der Waals surface area contributed by atoms with Gasteiger partial charge in [0.05, 0.1) is 19.6 Å². The average Bonchev–Trinajstić information content (AvgIpc) is 2.98. The number of carbonyl (C=O) groups excluding carboxylic acids is 2. The third-order valence-electron chi connectivity index (χ3n) is 7.48. The summed E-state index contributed by atoms with van der Waals surface area (Å²) < 4.78 is 35.4. The van der Waals surface area contributed by atoms with E-state index >= 15 is 0 Å². The zero-order valence-electron chi connectivity index (χ0n) is 24.6. The number of hydrogen-bond donors (Lipinski definition) is 1. The summed E-state index contributed by atoms with van der Waals surface area (Å²) in [6.07, 6.45) is 1.23. The van der Waals surface area contributed by atoms with E-state index in [-0.39, 0.29) is 54.5 Å². The summed E-state index contributed by atoms with van der Waals surface area (Å²) >= 11 is 0. The number of carbonyl (C=O) groups is 2. The number of sulfonamides is 1. The van der Waals surface area contributed by atoms with Crippen molar-refractivity contribution in [1.82, 2.24) is 19.1 Å². The van der Waals surface area contributed by atoms with Crippen LogP contribution in [-0.2, 0) is 21.2 Å². The van der Waals surface area contributed by atoms with Crippen molar-refractivity contribution >= 4 is 21.8 Å². The van der Waals surface area contributed by atoms with E-state index in [0.29, 0.717) is 16.8 Å². The predicted octanol–water partition coefficient (Wildman–Crippen LogP) is 2.92. The largest absolute Gasteiger partial charge is 0.487 e. The molecule has 42 heavy (non-hydrogen) atoms. The number of aromatic nitrogens is 1. The minimum atomic E-state index is -4.01. The van der Waals surface area contributed by atoms with Gasteiger partial charge in [0.1, 0.15) is 16.7 Å². The Morgan fingerprint density at radius 2 is 1.76 bits per heavy atom. The Kier molecular flexibility index (Phi) is 9.65. The van der Waals surface area contributed by atoms with Crippen molar-refractivity contribution in [2.75, 3.05) is 40.8 Å². The number of benzene rings is 2. The molecule has 0 spiro atoms. The first-order valence-corrected chi connectivity index (χ1v) is 15.3. The van der Waals surface area contributed by atoms with Crippen LogP contribution < -0.4 is 4.74 Å². The number of fused-ring (bicyclic) bond motifs is 1. The van der Waals surface area contributed by atoms with Gasteiger partial charge in [-0.2, -0.15) is 4.31 Å². The van der Waals surface area contributed by atoms with Crippen LogP contribution in [0.2, 0.25) is 0 Å². The monoisotopic (exact) mass is 594 g/mol. The number of pyridine rings is 1. The minimum absolute atomic E-state index is 0.00896. The van der Waals surface area contributed by atoms with Gasteiger partial charge in [-0.05, 0) is 54.4 Å². The fraction of sp³-hybridized carbons (Fsp3) is 0.387. The summed E-state index contributed by atoms with van der Waals surface area (Å²) in [4.78, 5) is 32.7. The van der Waals surface area contributed by atoms with Crippen molar-refractivity contribution < 1.29 is 27.9 Å². The Labute approximate surface area is 247 Å². The number of aliphatic hydroxyl groups excluding tert-OH is 1. The maximum absolute atomic E-state index is 13.8. The lowest BCUT2D eigenvalue weighted by atomic mass is 10.0. The maximum Gasteiger partial charge on any atom is 0.253 e. The molecule has 0 unspecified atom stereocenters. The molecule has 0 aliphatic carbocycles. The van der Waals surface area contributed by atoms with Gasteiger partial charge in [0.15, 0.2) is 0 Å². The van der Waals surface area contributed by atoms with Crippen LogP contribution in [0.5, 0.6) is 5.75 Å². The highest BCUT2D eigenvalue weighted by Crippen LogP contribution is 2.36. The number of aliphatic hydroxyl groups is 1. The van der Waals surface area contributed by atoms with Gasteiger partial charge < -0.3 is 19.6 Å². The zero-order valence-corrected chi connectivity index (χ0v) is 25.4. The highest BCUT2D eigenvalue weighted by atomic mass is 32.2. The van der Waals surface area contributed by atoms with E-state index in [0.717, 1.165) is 5.56 Å². The first kappa shape index (κ1) is 31.1. The van der Waals surface area contributed by atoms with E-state index in [1.54, 1.807) is 87.7 Å². The summed E-state index contributed by atoms with van der Waals surface area (Å²) in [5, 5.41) is 9.91. The van der Waals surface area contributed by atoms with Gasteiger partial charge in [0, 0.05) is 57.1 Å². The summed E-state index contributed by atoms with van der Waals surface area (Å²) in [6.45, 7) is 3.53. The molecule has 1 N–H and O–H groups in total. The molecule has 0 fully saturated rings. The van der Waals surface area contributed by atoms with E-state index in [1.165, 1.54) is 15.3 Å². The van der Waals surface area contributed by atoms with Crippen LogP contribution in [0.1, 0.15) is 29.9 Å². The standard InChI is InChI=1S/C31H38N4O6S/c1-21-18-35(22(2)20-36)42(39,40)29-14-13-25(23-9-11-24(12-10-23)31(38)33(3)4)16-27(29)41-28(21)19-34(5)30(37)17-26-8-6-7-15-32-26/h6-16,21-22,28,36H,17-20H2,1-5H3/t21-,22+,28+/m1/s1. The third kappa shape index (κ3) is 6.80. The van der Waals surface area contributed by atoms with Gasteiger partial charge in [-0.25, -0.2) is 8.42 Å². The Hall–Kier alpha value is -3.80. The van der Waals surface area contributed by atoms with Crippen LogP contribution in [0.25, 0.3) is 11.1 Å². The average molecular weight is 595 g/mol. The fourth-order valence-corrected chi connectivity index (χ4v) is 6.68. The molecule has 224 valence electrons. The highest BCUT2D eigenvalue weighted by Gasteiger charge is 2.38. The predicted molar refractivity (Wildman–Crippen MR) is 159 cm³/mol. The van der Waals surface area contributed by atoms with Crippen molar-refractivity contribution in [1.29, 1.82) is 0 Å². The molecular weight excluding hydrogens is 556 g/mol. The zero-order chi connectivity index (χ0) is 30.6. The molecule has 2 heterocycles. The molecule has 1 aromatic heterocycles. The molecule has 11 heteroatoms. The second-order valence-electron chi connectivity index (χ2n) is 11.0. The fourth-order valence-electron chi connectivity index (χ4n) is 4.85. The summed E-state index contributed by atoms with van der Waals surface area (Å²) in [5.74, 6) is -0.405. The van der Waals surface area contributed by atoms with E-state index in [1.807, 2.05) is 13.0 Å². The minimum Gasteiger partial charge on any atom is -0.487 e. The first-order valence-electron chi connectivity index (χ1n) is 13.8. The molecule has 3 aromatic rings. The number of amides is 2. The Bertz CT molecular complexity index is 1510. The van der Waals surface area contributed by atoms with Crippen LogP contribution in [0, 0.1) is 5.92 Å². The van der Waals surface area contributed by atoms with Gasteiger partial charge in [-0.1, -0.05) is 31.2 Å². The van der Waals surface area contributed by atoms with Crippen molar-refractivity contribution in [2.24, 2.45) is 5.92 Å². The topological polar surface area (TPSA) is 120 Å². The molecule has 0 saturated carbocycles. The van der Waals surface area contributed by atoms with Crippen molar-refractivity contribution in [3.05, 3.63) is 78.1 Å². The lowest BCUT2D eigenvalue weighted by Gasteiger charge is -2.37. The number of hydrogen-bond acceptors (Lipinski definition) is 7. The molecule has 2 amide bonds. The second kappa shape index (κ2) is 13.0. The van der Waals surface area contributed by atoms with Crippen LogP contribution in [-0.4, -0.2) is 97.4 Å². The molecule has 10 nitrogen and oxygen atoms in total. The maximum atomic E-state index is 13.8. The molecule has 1 aliphatic rings. The second-order valence-corrected chi connectivity index (χ2v) is 12.8. The normalized spacial score (nSPS) is 19.0. The first-order chi connectivity index (χ1) is 19.9. The summed E-state index contributed by atoms with van der Waals surface area (Å²) in [6, 6.07) is 16.7. The number of nitrogens with zero attached hydrogens (tertiary/aromatic N) is 4. The molecule has 1 aliphatic heterocycles. The van der Waals surface area contributed by atoms with Gasteiger partial charge in [-0.3, -0.25) is 14.6 Å². The SMILES string of the molecule is C[C@@H]1CN([C@@H](C)CO)S(=O)(=O)c2ccc(-c3ccc(C(=O)N(C)C)cc3)cc2O[C@H]1CN(C)C(=O)Cc1ccccn1. The van der Waals surface area contributed by atoms with Crippen LogP contribution in [0.15, 0.2) is 71.8 Å². The lowest BCUT2D eigenvalue weighted by Crippen LogP contribution is -2.50. The van der Waals surface area contributed by atoms with Crippen molar-refractivity contribution in [3.63, 3.8) is 0 Å². The number of ether oxygens (including phenoxy) is 1. The molecular formula is C31H38N4O6S. The van der Waals surface area contributed by atoms with Crippen LogP contribution in [0.3, 0.4) is 0 Å². The summed E-state index contributed by atoms with van der Waals surface area (Å²) in [5.41, 5.74) is 2.68. The van der Waals surface area contributed by atoms with Crippen molar-refractivity contribution in [2.45, 2.75) is 37.3 Å². The Morgan fingerprint density at radius 3 is 2.38 bits per heavy atom. The van der Waals surface area contributed by atoms with Gasteiger partial charge in [-0.15, -0.1) is 0 Å². The van der Waals surface area contributed by atoms with Gasteiger partial charge >= 0.3 is 0 Å². The smallest absolute Gasteiger partial charge is 0.253 e. The molecule has 0 saturated heterocycles. The van der Waals surface area contributed by atoms with Gasteiger partial charge in [0.25, 0.3) is 5.91 Å². The summed E-state index contributed by atoms with van der Waals surface area (Å²) in [7, 11) is 1.05. The quantitative estimate of drug-likeness (QED) is 0.426. The molecule has 3 atom stereocenters. The lowest BCUT2D eigenvalue weighted by molar-refractivity contribution is -0.130. The van der Waals surface area contributed by atoms with E-state index in [4.69, 9.17) is 4.74 Å². The highest BCUT2D eigenvalue weighted by molar-refractivity contribution is 7.89. The van der Waals surface area contributed by atoms with E-state index in [2.05, 4.69) is 4.98 Å². The molecule has 4 rings (SSSR count). The van der Waals surface area contributed by atoms with Crippen molar-refractivity contribution in [3.8, 4) is 16.9 Å². The number of rotatable bonds is 8. The third-order valence-corrected chi connectivity index (χ3v) is 9.50. The Balaban J connectivity index is 1.69. The number of likely N-dealkylation sites (N-methyl/N-ethyl adjacent to an activating group) is 1. The molecule has 0 bridgehead atoms. The molecule has 0 radical (unpaired) electrons. The molecule has 2 aromatic carbocycles. The van der Waals surface area contributed by atoms with Gasteiger partial charge in [0.2, 0.25) is 15.9 Å². The van der Waals surface area contributed by atoms with E-state index < -0.39 is 22.2 Å². The van der Waals surface area contributed by atoms with Crippen LogP contribution in [0.4, 0.5) is 0 Å². The van der Waals surface area contributed by atoms with Crippen LogP contribution >= 0.6 is 0 Å².